The number of anilines is 1. The molecule has 0 bridgehead atoms. The maximum absolute atomic E-state index is 11.4. The Labute approximate surface area is 97.6 Å². The standard InChI is InChI=1S/C11H13NO5/c1-11(2,16)10(15)17-8-4-3-6(9(13)14)5-7(8)12/h3-5,16H,12H2,1-2H3,(H,13,14). The second-order valence-corrected chi connectivity index (χ2v) is 4.01. The van der Waals surface area contributed by atoms with Crippen molar-refractivity contribution in [1.29, 1.82) is 0 Å². The predicted molar refractivity (Wildman–Crippen MR) is 59.7 cm³/mol. The third-order valence-corrected chi connectivity index (χ3v) is 1.96. The quantitative estimate of drug-likeness (QED) is 0.405. The molecule has 0 fully saturated rings. The summed E-state index contributed by atoms with van der Waals surface area (Å²) >= 11 is 0. The van der Waals surface area contributed by atoms with Crippen LogP contribution in [0.2, 0.25) is 0 Å². The molecular formula is C11H13NO5. The summed E-state index contributed by atoms with van der Waals surface area (Å²) in [5, 5.41) is 18.1. The van der Waals surface area contributed by atoms with E-state index in [4.69, 9.17) is 15.6 Å². The van der Waals surface area contributed by atoms with Gasteiger partial charge in [0.25, 0.3) is 0 Å². The van der Waals surface area contributed by atoms with Crippen LogP contribution >= 0.6 is 0 Å². The number of nitrogens with two attached hydrogens (primary N) is 1. The zero-order valence-electron chi connectivity index (χ0n) is 9.43. The molecule has 0 aliphatic heterocycles. The first kappa shape index (κ1) is 13.0. The van der Waals surface area contributed by atoms with Gasteiger partial charge in [0.2, 0.25) is 0 Å². The molecule has 4 N–H and O–H groups in total. The van der Waals surface area contributed by atoms with E-state index < -0.39 is 17.5 Å². The Kier molecular flexibility index (Phi) is 3.38. The number of benzene rings is 1. The zero-order valence-corrected chi connectivity index (χ0v) is 9.43. The van der Waals surface area contributed by atoms with Crippen molar-refractivity contribution in [3.05, 3.63) is 23.8 Å². The maximum Gasteiger partial charge on any atom is 0.342 e. The van der Waals surface area contributed by atoms with Crippen molar-refractivity contribution in [2.75, 3.05) is 5.73 Å². The van der Waals surface area contributed by atoms with Crippen LogP contribution in [-0.2, 0) is 4.79 Å². The molecule has 0 radical (unpaired) electrons. The third-order valence-electron chi connectivity index (χ3n) is 1.96. The minimum Gasteiger partial charge on any atom is -0.478 e. The Balaban J connectivity index is 2.95. The Bertz CT molecular complexity index is 461. The van der Waals surface area contributed by atoms with E-state index in [-0.39, 0.29) is 17.0 Å². The summed E-state index contributed by atoms with van der Waals surface area (Å²) in [6, 6.07) is 3.70. The van der Waals surface area contributed by atoms with Crippen molar-refractivity contribution < 1.29 is 24.5 Å². The molecule has 92 valence electrons. The molecule has 6 nitrogen and oxygen atoms in total. The molecule has 0 saturated heterocycles. The Morgan fingerprint density at radius 1 is 1.35 bits per heavy atom. The monoisotopic (exact) mass is 239 g/mol. The Hall–Kier alpha value is -2.08. The summed E-state index contributed by atoms with van der Waals surface area (Å²) in [6.07, 6.45) is 0. The average Bonchev–Trinajstić information content (AvgIpc) is 2.19. The number of carbonyl (C=O) groups excluding carboxylic acids is 1. The summed E-state index contributed by atoms with van der Waals surface area (Å²) < 4.78 is 4.84. The molecule has 17 heavy (non-hydrogen) atoms. The molecular weight excluding hydrogens is 226 g/mol. The van der Waals surface area contributed by atoms with E-state index in [0.29, 0.717) is 0 Å². The van der Waals surface area contributed by atoms with Crippen LogP contribution in [0.3, 0.4) is 0 Å². The summed E-state index contributed by atoms with van der Waals surface area (Å²) in [7, 11) is 0. The molecule has 0 amide bonds. The number of aromatic carboxylic acids is 1. The van der Waals surface area contributed by atoms with Crippen LogP contribution < -0.4 is 10.5 Å². The van der Waals surface area contributed by atoms with E-state index in [9.17, 15) is 14.7 Å². The van der Waals surface area contributed by atoms with Gasteiger partial charge in [0.05, 0.1) is 11.3 Å². The molecule has 0 atom stereocenters. The summed E-state index contributed by atoms with van der Waals surface area (Å²) in [6.45, 7) is 2.55. The molecule has 1 aromatic carbocycles. The molecule has 6 heteroatoms. The molecule has 0 aromatic heterocycles. The second kappa shape index (κ2) is 4.42. The van der Waals surface area contributed by atoms with Crippen LogP contribution in [0.25, 0.3) is 0 Å². The SMILES string of the molecule is CC(C)(O)C(=O)Oc1ccc(C(=O)O)cc1N. The molecule has 0 aliphatic carbocycles. The van der Waals surface area contributed by atoms with Crippen molar-refractivity contribution in [3.63, 3.8) is 0 Å². The first-order valence-corrected chi connectivity index (χ1v) is 4.79. The minimum atomic E-state index is -1.64. The topological polar surface area (TPSA) is 110 Å². The summed E-state index contributed by atoms with van der Waals surface area (Å²) in [4.78, 5) is 22.0. The molecule has 0 spiro atoms. The van der Waals surface area contributed by atoms with Crippen molar-refractivity contribution in [1.82, 2.24) is 0 Å². The number of nitrogen functional groups attached to an aromatic ring is 1. The van der Waals surface area contributed by atoms with Gasteiger partial charge in [-0.1, -0.05) is 0 Å². The molecule has 0 aliphatic rings. The normalized spacial score (nSPS) is 11.0. The van der Waals surface area contributed by atoms with E-state index in [1.807, 2.05) is 0 Å². The fourth-order valence-corrected chi connectivity index (χ4v) is 0.999. The van der Waals surface area contributed by atoms with Gasteiger partial charge in [0.15, 0.2) is 11.4 Å². The number of hydrogen-bond acceptors (Lipinski definition) is 5. The predicted octanol–water partition coefficient (Wildman–Crippen LogP) is 0.643. The number of carbonyl (C=O) groups is 2. The number of ether oxygens (including phenoxy) is 1. The van der Waals surface area contributed by atoms with Gasteiger partial charge in [-0.25, -0.2) is 9.59 Å². The number of aliphatic hydroxyl groups is 1. The minimum absolute atomic E-state index is 0.00874. The van der Waals surface area contributed by atoms with Crippen LogP contribution in [0, 0.1) is 0 Å². The number of rotatable bonds is 3. The van der Waals surface area contributed by atoms with Crippen molar-refractivity contribution >= 4 is 17.6 Å². The number of hydrogen-bond donors (Lipinski definition) is 3. The second-order valence-electron chi connectivity index (χ2n) is 4.01. The first-order chi connectivity index (χ1) is 7.71. The average molecular weight is 239 g/mol. The van der Waals surface area contributed by atoms with E-state index in [0.717, 1.165) is 0 Å². The largest absolute Gasteiger partial charge is 0.478 e. The Morgan fingerprint density at radius 2 is 1.94 bits per heavy atom. The fourth-order valence-electron chi connectivity index (χ4n) is 0.999. The third kappa shape index (κ3) is 3.18. The van der Waals surface area contributed by atoms with Gasteiger partial charge >= 0.3 is 11.9 Å². The lowest BCUT2D eigenvalue weighted by Gasteiger charge is -2.16. The van der Waals surface area contributed by atoms with Gasteiger partial charge in [-0.2, -0.15) is 0 Å². The van der Waals surface area contributed by atoms with Crippen LogP contribution in [0.5, 0.6) is 5.75 Å². The van der Waals surface area contributed by atoms with Gasteiger partial charge in [-0.3, -0.25) is 0 Å². The van der Waals surface area contributed by atoms with Crippen molar-refractivity contribution in [3.8, 4) is 5.75 Å². The smallest absolute Gasteiger partial charge is 0.342 e. The summed E-state index contributed by atoms with van der Waals surface area (Å²) in [5.74, 6) is -1.98. The van der Waals surface area contributed by atoms with Crippen molar-refractivity contribution in [2.24, 2.45) is 0 Å². The van der Waals surface area contributed by atoms with E-state index in [2.05, 4.69) is 0 Å². The van der Waals surface area contributed by atoms with Gasteiger partial charge in [0, 0.05) is 0 Å². The van der Waals surface area contributed by atoms with Gasteiger partial charge < -0.3 is 20.7 Å². The van der Waals surface area contributed by atoms with Gasteiger partial charge in [-0.15, -0.1) is 0 Å². The van der Waals surface area contributed by atoms with E-state index >= 15 is 0 Å². The molecule has 0 saturated carbocycles. The summed E-state index contributed by atoms with van der Waals surface area (Å²) in [5.41, 5.74) is 3.90. The first-order valence-electron chi connectivity index (χ1n) is 4.79. The van der Waals surface area contributed by atoms with Gasteiger partial charge in [-0.05, 0) is 32.0 Å². The Morgan fingerprint density at radius 3 is 2.35 bits per heavy atom. The lowest BCUT2D eigenvalue weighted by atomic mass is 10.1. The highest BCUT2D eigenvalue weighted by atomic mass is 16.6. The molecule has 1 rings (SSSR count). The van der Waals surface area contributed by atoms with Gasteiger partial charge in [0.1, 0.15) is 0 Å². The van der Waals surface area contributed by atoms with Crippen molar-refractivity contribution in [2.45, 2.75) is 19.4 Å². The highest BCUT2D eigenvalue weighted by Gasteiger charge is 2.26. The van der Waals surface area contributed by atoms with Crippen LogP contribution in [0.15, 0.2) is 18.2 Å². The highest BCUT2D eigenvalue weighted by Crippen LogP contribution is 2.24. The van der Waals surface area contributed by atoms with E-state index in [1.54, 1.807) is 0 Å². The zero-order chi connectivity index (χ0) is 13.2. The molecule has 1 aromatic rings. The molecule has 0 unspecified atom stereocenters. The lowest BCUT2D eigenvalue weighted by molar-refractivity contribution is -0.151. The number of esters is 1. The number of carboxylic acids is 1. The number of carboxylic acid groups (broad SMARTS) is 1. The van der Waals surface area contributed by atoms with E-state index in [1.165, 1.54) is 32.0 Å². The molecule has 0 heterocycles. The highest BCUT2D eigenvalue weighted by molar-refractivity contribution is 5.90. The van der Waals surface area contributed by atoms with Crippen LogP contribution in [-0.4, -0.2) is 27.8 Å². The fraction of sp³-hybridized carbons (Fsp3) is 0.273. The lowest BCUT2D eigenvalue weighted by Crippen LogP contribution is -2.35. The van der Waals surface area contributed by atoms with Crippen LogP contribution in [0.4, 0.5) is 5.69 Å². The van der Waals surface area contributed by atoms with Crippen LogP contribution in [0.1, 0.15) is 24.2 Å². The maximum atomic E-state index is 11.4.